The summed E-state index contributed by atoms with van der Waals surface area (Å²) in [5.74, 6) is -0.737. The highest BCUT2D eigenvalue weighted by molar-refractivity contribution is 7.20. The van der Waals surface area contributed by atoms with E-state index in [1.54, 1.807) is 13.0 Å². The molecular weight excluding hydrogens is 398 g/mol. The van der Waals surface area contributed by atoms with Gasteiger partial charge in [-0.3, -0.25) is 9.48 Å². The number of hydrogen-bond acceptors (Lipinski definition) is 5. The molecule has 146 valence electrons. The Hall–Kier alpha value is -2.38. The number of carbonyl (C=O) groups excluding carboxylic acids is 2. The number of halogens is 1. The first-order chi connectivity index (χ1) is 13.4. The quantitative estimate of drug-likeness (QED) is 0.616. The summed E-state index contributed by atoms with van der Waals surface area (Å²) >= 11 is 7.27. The molecule has 3 aromatic rings. The van der Waals surface area contributed by atoms with Crippen molar-refractivity contribution in [3.63, 3.8) is 0 Å². The second-order valence-electron chi connectivity index (χ2n) is 7.03. The molecule has 0 unspecified atom stereocenters. The number of amides is 1. The van der Waals surface area contributed by atoms with E-state index < -0.39 is 12.1 Å². The Labute approximate surface area is 171 Å². The Balaban J connectivity index is 1.51. The Kier molecular flexibility index (Phi) is 5.12. The average molecular weight is 418 g/mol. The fourth-order valence-corrected chi connectivity index (χ4v) is 4.07. The lowest BCUT2D eigenvalue weighted by molar-refractivity contribution is -0.129. The van der Waals surface area contributed by atoms with Crippen LogP contribution in [0.3, 0.4) is 0 Å². The zero-order valence-corrected chi connectivity index (χ0v) is 17.1. The van der Waals surface area contributed by atoms with Crippen LogP contribution >= 0.6 is 22.9 Å². The van der Waals surface area contributed by atoms with Crippen molar-refractivity contribution in [3.05, 3.63) is 51.5 Å². The molecule has 1 aromatic carbocycles. The van der Waals surface area contributed by atoms with E-state index in [4.69, 9.17) is 16.3 Å². The number of rotatable bonds is 6. The summed E-state index contributed by atoms with van der Waals surface area (Å²) in [6.07, 6.45) is 1.17. The zero-order chi connectivity index (χ0) is 19.8. The van der Waals surface area contributed by atoms with Gasteiger partial charge in [0, 0.05) is 16.5 Å². The van der Waals surface area contributed by atoms with Crippen molar-refractivity contribution in [2.24, 2.45) is 0 Å². The third-order valence-corrected chi connectivity index (χ3v) is 6.01. The van der Waals surface area contributed by atoms with Gasteiger partial charge in [0.2, 0.25) is 0 Å². The lowest BCUT2D eigenvalue weighted by atomic mass is 10.2. The van der Waals surface area contributed by atoms with Gasteiger partial charge >= 0.3 is 5.97 Å². The van der Waals surface area contributed by atoms with Gasteiger partial charge in [-0.15, -0.1) is 11.3 Å². The zero-order valence-electron chi connectivity index (χ0n) is 15.6. The molecule has 8 heteroatoms. The van der Waals surface area contributed by atoms with Crippen molar-refractivity contribution in [2.45, 2.75) is 45.4 Å². The second kappa shape index (κ2) is 7.56. The van der Waals surface area contributed by atoms with Gasteiger partial charge in [0.25, 0.3) is 5.91 Å². The third-order valence-electron chi connectivity index (χ3n) is 4.63. The number of ether oxygens (including phenoxy) is 1. The van der Waals surface area contributed by atoms with Crippen molar-refractivity contribution in [1.29, 1.82) is 0 Å². The van der Waals surface area contributed by atoms with E-state index in [1.807, 2.05) is 35.9 Å². The Bertz CT molecular complexity index is 1040. The predicted octanol–water partition coefficient (Wildman–Crippen LogP) is 3.93. The molecule has 0 bridgehead atoms. The summed E-state index contributed by atoms with van der Waals surface area (Å²) in [4.78, 5) is 25.9. The van der Waals surface area contributed by atoms with Crippen LogP contribution in [0.2, 0.25) is 5.02 Å². The number of carbonyl (C=O) groups is 2. The number of hydrogen-bond donors (Lipinski definition) is 1. The van der Waals surface area contributed by atoms with Gasteiger partial charge in [0.05, 0.1) is 12.2 Å². The smallest absolute Gasteiger partial charge is 0.349 e. The van der Waals surface area contributed by atoms with Gasteiger partial charge in [-0.25, -0.2) is 4.79 Å². The summed E-state index contributed by atoms with van der Waals surface area (Å²) in [6.45, 7) is 4.08. The molecule has 0 radical (unpaired) electrons. The van der Waals surface area contributed by atoms with Crippen LogP contribution in [-0.4, -0.2) is 33.8 Å². The summed E-state index contributed by atoms with van der Waals surface area (Å²) < 4.78 is 7.23. The highest BCUT2D eigenvalue weighted by atomic mass is 35.5. The van der Waals surface area contributed by atoms with Crippen molar-refractivity contribution >= 4 is 45.0 Å². The molecule has 4 rings (SSSR count). The molecule has 0 saturated heterocycles. The van der Waals surface area contributed by atoms with Crippen molar-refractivity contribution in [2.75, 3.05) is 0 Å². The van der Waals surface area contributed by atoms with E-state index in [0.29, 0.717) is 16.4 Å². The van der Waals surface area contributed by atoms with Crippen molar-refractivity contribution < 1.29 is 14.3 Å². The molecule has 1 atom stereocenters. The molecule has 1 amide bonds. The molecule has 0 spiro atoms. The maximum atomic E-state index is 12.5. The topological polar surface area (TPSA) is 73.2 Å². The largest absolute Gasteiger partial charge is 0.448 e. The SMILES string of the molecule is Cc1nn(Cc2ccc(Cl)cc2)c2sc(C(=O)O[C@H](C)C(=O)NC3CC3)cc12. The fraction of sp³-hybridized carbons (Fsp3) is 0.350. The molecule has 2 heterocycles. The molecule has 1 N–H and O–H groups in total. The van der Waals surface area contributed by atoms with E-state index in [2.05, 4.69) is 10.4 Å². The second-order valence-corrected chi connectivity index (χ2v) is 8.50. The normalized spacial score (nSPS) is 14.8. The van der Waals surface area contributed by atoms with Crippen LogP contribution in [0.5, 0.6) is 0 Å². The van der Waals surface area contributed by atoms with Crippen LogP contribution in [-0.2, 0) is 16.1 Å². The summed E-state index contributed by atoms with van der Waals surface area (Å²) in [5.41, 5.74) is 1.91. The third kappa shape index (κ3) is 4.05. The first-order valence-corrected chi connectivity index (χ1v) is 10.3. The highest BCUT2D eigenvalue weighted by Crippen LogP contribution is 2.30. The molecular formula is C20H20ClN3O3S. The van der Waals surface area contributed by atoms with Gasteiger partial charge in [-0.2, -0.15) is 5.10 Å². The van der Waals surface area contributed by atoms with Crippen LogP contribution in [0, 0.1) is 6.92 Å². The minimum absolute atomic E-state index is 0.236. The van der Waals surface area contributed by atoms with Crippen molar-refractivity contribution in [1.82, 2.24) is 15.1 Å². The Morgan fingerprint density at radius 1 is 1.36 bits per heavy atom. The first-order valence-electron chi connectivity index (χ1n) is 9.13. The van der Waals surface area contributed by atoms with Crippen LogP contribution < -0.4 is 5.32 Å². The number of aryl methyl sites for hydroxylation is 1. The summed E-state index contributed by atoms with van der Waals surface area (Å²) in [5, 5.41) is 9.02. The van der Waals surface area contributed by atoms with E-state index in [0.717, 1.165) is 34.3 Å². The van der Waals surface area contributed by atoms with Gasteiger partial charge < -0.3 is 10.1 Å². The Morgan fingerprint density at radius 3 is 2.75 bits per heavy atom. The highest BCUT2D eigenvalue weighted by Gasteiger charge is 2.28. The molecule has 6 nitrogen and oxygen atoms in total. The molecule has 1 aliphatic rings. The van der Waals surface area contributed by atoms with Crippen LogP contribution in [0.15, 0.2) is 30.3 Å². The average Bonchev–Trinajstić information content (AvgIpc) is 3.27. The lowest BCUT2D eigenvalue weighted by Gasteiger charge is -2.12. The van der Waals surface area contributed by atoms with E-state index >= 15 is 0 Å². The number of aromatic nitrogens is 2. The molecule has 1 saturated carbocycles. The number of thiophene rings is 1. The van der Waals surface area contributed by atoms with E-state index in [1.165, 1.54) is 11.3 Å². The maximum absolute atomic E-state index is 12.5. The van der Waals surface area contributed by atoms with Gasteiger partial charge in [0.1, 0.15) is 9.71 Å². The summed E-state index contributed by atoms with van der Waals surface area (Å²) in [7, 11) is 0. The summed E-state index contributed by atoms with van der Waals surface area (Å²) in [6, 6.07) is 9.61. The Morgan fingerprint density at radius 2 is 2.07 bits per heavy atom. The fourth-order valence-electron chi connectivity index (χ4n) is 2.90. The number of esters is 1. The monoisotopic (exact) mass is 417 g/mol. The van der Waals surface area contributed by atoms with Gasteiger partial charge in [0.15, 0.2) is 6.10 Å². The molecule has 1 fully saturated rings. The molecule has 1 aliphatic carbocycles. The maximum Gasteiger partial charge on any atom is 0.349 e. The van der Waals surface area contributed by atoms with Crippen LogP contribution in [0.1, 0.15) is 40.7 Å². The minimum atomic E-state index is -0.815. The first kappa shape index (κ1) is 19.0. The van der Waals surface area contributed by atoms with Crippen LogP contribution in [0.25, 0.3) is 10.2 Å². The number of fused-ring (bicyclic) bond motifs is 1. The lowest BCUT2D eigenvalue weighted by Crippen LogP contribution is -2.36. The standard InChI is InChI=1S/C20H20ClN3O3S/c1-11-16-9-17(20(26)27-12(2)18(25)22-15-7-8-15)28-19(16)24(23-11)10-13-3-5-14(21)6-4-13/h3-6,9,12,15H,7-8,10H2,1-2H3,(H,22,25)/t12-/m1/s1. The molecule has 0 aliphatic heterocycles. The van der Waals surface area contributed by atoms with Gasteiger partial charge in [-0.05, 0) is 50.5 Å². The van der Waals surface area contributed by atoms with Gasteiger partial charge in [-0.1, -0.05) is 23.7 Å². The predicted molar refractivity (Wildman–Crippen MR) is 109 cm³/mol. The van der Waals surface area contributed by atoms with Crippen molar-refractivity contribution in [3.8, 4) is 0 Å². The van der Waals surface area contributed by atoms with E-state index in [9.17, 15) is 9.59 Å². The minimum Gasteiger partial charge on any atom is -0.448 e. The van der Waals surface area contributed by atoms with Crippen LogP contribution in [0.4, 0.5) is 0 Å². The molecule has 28 heavy (non-hydrogen) atoms. The number of nitrogens with one attached hydrogen (secondary N) is 1. The number of nitrogens with zero attached hydrogens (tertiary/aromatic N) is 2. The number of benzene rings is 1. The molecule has 2 aromatic heterocycles. The van der Waals surface area contributed by atoms with E-state index in [-0.39, 0.29) is 11.9 Å².